The Balaban J connectivity index is 3.13. The van der Waals surface area contributed by atoms with Gasteiger partial charge in [-0.25, -0.2) is 8.42 Å². The van der Waals surface area contributed by atoms with Crippen molar-refractivity contribution in [2.75, 3.05) is 13.1 Å². The smallest absolute Gasteiger partial charge is 0.206 e. The highest BCUT2D eigenvalue weighted by atomic mass is 79.9. The molecule has 0 aliphatic carbocycles. The Morgan fingerprint density at radius 1 is 1.67 bits per heavy atom. The molecule has 1 heterocycles. The van der Waals surface area contributed by atoms with Crippen molar-refractivity contribution in [3.63, 3.8) is 0 Å². The molecule has 4 nitrogen and oxygen atoms in total. The maximum Gasteiger partial charge on any atom is 0.254 e. The van der Waals surface area contributed by atoms with E-state index in [1.807, 2.05) is 6.07 Å². The van der Waals surface area contributed by atoms with E-state index in [4.69, 9.17) is 5.26 Å². The van der Waals surface area contributed by atoms with E-state index in [-0.39, 0.29) is 10.8 Å². The van der Waals surface area contributed by atoms with Crippen LogP contribution >= 0.6 is 27.3 Å². The Hall–Kier alpha value is -0.420. The van der Waals surface area contributed by atoms with Crippen molar-refractivity contribution < 1.29 is 8.42 Å². The summed E-state index contributed by atoms with van der Waals surface area (Å²) in [5.41, 5.74) is 0. The lowest BCUT2D eigenvalue weighted by molar-refractivity contribution is 0.464. The van der Waals surface area contributed by atoms with Gasteiger partial charge >= 0.3 is 0 Å². The number of halogens is 1. The summed E-state index contributed by atoms with van der Waals surface area (Å²) in [5.74, 6) is 0. The first-order chi connectivity index (χ1) is 7.04. The summed E-state index contributed by atoms with van der Waals surface area (Å²) < 4.78 is 25.9. The Morgan fingerprint density at radius 2 is 2.33 bits per heavy atom. The third-order valence-electron chi connectivity index (χ3n) is 1.76. The van der Waals surface area contributed by atoms with Crippen LogP contribution in [0.15, 0.2) is 20.1 Å². The van der Waals surface area contributed by atoms with Crippen LogP contribution in [-0.2, 0) is 10.0 Å². The van der Waals surface area contributed by atoms with Crippen molar-refractivity contribution in [3.8, 4) is 6.07 Å². The van der Waals surface area contributed by atoms with Crippen LogP contribution in [0.2, 0.25) is 0 Å². The van der Waals surface area contributed by atoms with E-state index in [1.165, 1.54) is 0 Å². The summed E-state index contributed by atoms with van der Waals surface area (Å²) >= 11 is 4.31. The lowest BCUT2D eigenvalue weighted by Gasteiger charge is -2.15. The fourth-order valence-electron chi connectivity index (χ4n) is 1.03. The third-order valence-corrected chi connectivity index (χ3v) is 6.33. The second-order valence-electron chi connectivity index (χ2n) is 2.65. The summed E-state index contributed by atoms with van der Waals surface area (Å²) in [6.45, 7) is 1.87. The molecule has 1 rings (SSSR count). The minimum atomic E-state index is -3.52. The Bertz CT molecular complexity index is 475. The average molecular weight is 309 g/mol. The minimum absolute atomic E-state index is 0.122. The molecule has 0 fully saturated rings. The molecular formula is C8H9BrN2O2S2. The zero-order valence-corrected chi connectivity index (χ0v) is 11.2. The Kier molecular flexibility index (Phi) is 4.28. The first kappa shape index (κ1) is 12.6. The van der Waals surface area contributed by atoms with Crippen LogP contribution in [0.25, 0.3) is 0 Å². The zero-order chi connectivity index (χ0) is 11.5. The van der Waals surface area contributed by atoms with Gasteiger partial charge in [0.05, 0.1) is 6.07 Å². The highest BCUT2D eigenvalue weighted by Gasteiger charge is 2.26. The highest BCUT2D eigenvalue weighted by molar-refractivity contribution is 9.10. The number of hydrogen-bond donors (Lipinski definition) is 0. The fraction of sp³-hybridized carbons (Fsp3) is 0.375. The minimum Gasteiger partial charge on any atom is -0.206 e. The summed E-state index contributed by atoms with van der Waals surface area (Å²) in [5, 5.41) is 10.2. The van der Waals surface area contributed by atoms with Crippen LogP contribution in [0.5, 0.6) is 0 Å². The molecule has 0 N–H and O–H groups in total. The topological polar surface area (TPSA) is 61.2 Å². The molecule has 0 atom stereocenters. The molecule has 0 amide bonds. The lowest BCUT2D eigenvalue weighted by Crippen LogP contribution is -2.30. The molecule has 0 spiro atoms. The van der Waals surface area contributed by atoms with Gasteiger partial charge in [0.2, 0.25) is 0 Å². The van der Waals surface area contributed by atoms with E-state index in [1.54, 1.807) is 18.4 Å². The molecule has 0 aromatic carbocycles. The number of nitrogens with zero attached hydrogens (tertiary/aromatic N) is 2. The molecule has 0 radical (unpaired) electrons. The average Bonchev–Trinajstić information content (AvgIpc) is 2.61. The second kappa shape index (κ2) is 5.07. The normalized spacial score (nSPS) is 11.6. The van der Waals surface area contributed by atoms with Gasteiger partial charge < -0.3 is 0 Å². The summed E-state index contributed by atoms with van der Waals surface area (Å²) in [4.78, 5) is 0. The van der Waals surface area contributed by atoms with Gasteiger partial charge in [-0.1, -0.05) is 6.92 Å². The van der Waals surface area contributed by atoms with Crippen molar-refractivity contribution in [2.45, 2.75) is 11.1 Å². The standard InChI is InChI=1S/C8H9BrN2O2S2/c1-2-11(5-4-10)15(12,13)8-7(9)3-6-14-8/h3,6H,2,5H2,1H3. The van der Waals surface area contributed by atoms with Gasteiger partial charge in [-0.15, -0.1) is 11.3 Å². The molecular weight excluding hydrogens is 300 g/mol. The maximum absolute atomic E-state index is 12.0. The molecule has 0 saturated heterocycles. The Labute approximate surface area is 101 Å². The van der Waals surface area contributed by atoms with E-state index in [2.05, 4.69) is 15.9 Å². The number of hydrogen-bond acceptors (Lipinski definition) is 4. The fourth-order valence-corrected chi connectivity index (χ4v) is 4.82. The molecule has 1 aromatic heterocycles. The number of sulfonamides is 1. The van der Waals surface area contributed by atoms with E-state index >= 15 is 0 Å². The molecule has 0 bridgehead atoms. The van der Waals surface area contributed by atoms with Crippen molar-refractivity contribution in [2.24, 2.45) is 0 Å². The van der Waals surface area contributed by atoms with Gasteiger partial charge in [-0.3, -0.25) is 0 Å². The lowest BCUT2D eigenvalue weighted by atomic mass is 10.6. The van der Waals surface area contributed by atoms with Gasteiger partial charge in [0.25, 0.3) is 10.0 Å². The largest absolute Gasteiger partial charge is 0.254 e. The number of nitriles is 1. The summed E-state index contributed by atoms with van der Waals surface area (Å²) in [7, 11) is -3.52. The maximum atomic E-state index is 12.0. The van der Waals surface area contributed by atoms with Crippen LogP contribution in [-0.4, -0.2) is 25.8 Å². The van der Waals surface area contributed by atoms with Crippen LogP contribution in [0.1, 0.15) is 6.92 Å². The van der Waals surface area contributed by atoms with E-state index < -0.39 is 10.0 Å². The molecule has 82 valence electrons. The predicted octanol–water partition coefficient (Wildman–Crippen LogP) is 2.04. The summed E-state index contributed by atoms with van der Waals surface area (Å²) in [6.07, 6.45) is 0. The van der Waals surface area contributed by atoms with E-state index in [0.29, 0.717) is 11.0 Å². The third kappa shape index (κ3) is 2.58. The van der Waals surface area contributed by atoms with Crippen LogP contribution in [0.3, 0.4) is 0 Å². The van der Waals surface area contributed by atoms with E-state index in [0.717, 1.165) is 15.6 Å². The van der Waals surface area contributed by atoms with Crippen molar-refractivity contribution in [3.05, 3.63) is 15.9 Å². The molecule has 0 aliphatic rings. The van der Waals surface area contributed by atoms with Crippen molar-refractivity contribution >= 4 is 37.3 Å². The first-order valence-electron chi connectivity index (χ1n) is 4.14. The highest BCUT2D eigenvalue weighted by Crippen LogP contribution is 2.29. The van der Waals surface area contributed by atoms with Crippen molar-refractivity contribution in [1.82, 2.24) is 4.31 Å². The number of thiophene rings is 1. The van der Waals surface area contributed by atoms with Gasteiger partial charge in [-0.05, 0) is 27.4 Å². The van der Waals surface area contributed by atoms with Gasteiger partial charge in [0.1, 0.15) is 10.8 Å². The van der Waals surface area contributed by atoms with Crippen molar-refractivity contribution in [1.29, 1.82) is 5.26 Å². The monoisotopic (exact) mass is 308 g/mol. The van der Waals surface area contributed by atoms with Gasteiger partial charge in [-0.2, -0.15) is 9.57 Å². The van der Waals surface area contributed by atoms with E-state index in [9.17, 15) is 8.42 Å². The predicted molar refractivity (Wildman–Crippen MR) is 62.1 cm³/mol. The summed E-state index contributed by atoms with van der Waals surface area (Å²) in [6, 6.07) is 3.52. The quantitative estimate of drug-likeness (QED) is 0.800. The van der Waals surface area contributed by atoms with Gasteiger partial charge in [0.15, 0.2) is 0 Å². The molecule has 1 aromatic rings. The SMILES string of the molecule is CCN(CC#N)S(=O)(=O)c1sccc1Br. The van der Waals surface area contributed by atoms with Crippen LogP contribution in [0.4, 0.5) is 0 Å². The number of rotatable bonds is 4. The molecule has 0 aliphatic heterocycles. The first-order valence-corrected chi connectivity index (χ1v) is 7.25. The molecule has 15 heavy (non-hydrogen) atoms. The van der Waals surface area contributed by atoms with Crippen LogP contribution in [0, 0.1) is 11.3 Å². The molecule has 7 heteroatoms. The molecule has 0 unspecified atom stereocenters. The zero-order valence-electron chi connectivity index (χ0n) is 7.97. The molecule has 0 saturated carbocycles. The Morgan fingerprint density at radius 3 is 2.73 bits per heavy atom. The van der Waals surface area contributed by atoms with Crippen LogP contribution < -0.4 is 0 Å². The van der Waals surface area contributed by atoms with Gasteiger partial charge in [0, 0.05) is 11.0 Å². The second-order valence-corrected chi connectivity index (χ2v) is 6.55.